The molecule has 0 bridgehead atoms. The van der Waals surface area contributed by atoms with E-state index in [0.29, 0.717) is 12.3 Å². The predicted octanol–water partition coefficient (Wildman–Crippen LogP) is 3.98. The monoisotopic (exact) mass is 337 g/mol. The molecule has 0 spiro atoms. The minimum atomic E-state index is -0.972. The zero-order chi connectivity index (χ0) is 14.5. The average Bonchev–Trinajstić information content (AvgIpc) is 2.90. The van der Waals surface area contributed by atoms with Crippen LogP contribution in [0, 0.1) is 0 Å². The van der Waals surface area contributed by atoms with Gasteiger partial charge in [0, 0.05) is 10.5 Å². The van der Waals surface area contributed by atoms with Crippen molar-refractivity contribution >= 4 is 21.9 Å². The number of rotatable bonds is 6. The van der Waals surface area contributed by atoms with E-state index < -0.39 is 5.97 Å². The molecule has 0 saturated heterocycles. The third-order valence-corrected chi connectivity index (χ3v) is 3.63. The normalized spacial score (nSPS) is 12.3. The van der Waals surface area contributed by atoms with Crippen LogP contribution in [0.2, 0.25) is 0 Å². The van der Waals surface area contributed by atoms with Crippen LogP contribution < -0.4 is 5.32 Å². The summed E-state index contributed by atoms with van der Waals surface area (Å²) in [5.74, 6) is -0.349. The molecule has 1 aromatic heterocycles. The van der Waals surface area contributed by atoms with Crippen LogP contribution >= 0.6 is 15.9 Å². The van der Waals surface area contributed by atoms with Gasteiger partial charge >= 0.3 is 5.97 Å². The first-order valence-corrected chi connectivity index (χ1v) is 7.19. The van der Waals surface area contributed by atoms with Gasteiger partial charge in [-0.2, -0.15) is 0 Å². The molecule has 1 atom stereocenters. The van der Waals surface area contributed by atoms with E-state index in [4.69, 9.17) is 9.52 Å². The number of aromatic carboxylic acids is 1. The van der Waals surface area contributed by atoms with Gasteiger partial charge in [-0.25, -0.2) is 4.79 Å². The quantitative estimate of drug-likeness (QED) is 0.836. The van der Waals surface area contributed by atoms with Gasteiger partial charge in [-0.3, -0.25) is 0 Å². The van der Waals surface area contributed by atoms with Gasteiger partial charge in [0.25, 0.3) is 0 Å². The number of nitrogens with one attached hydrogen (secondary N) is 1. The van der Waals surface area contributed by atoms with Crippen LogP contribution in [-0.2, 0) is 6.54 Å². The van der Waals surface area contributed by atoms with Crippen LogP contribution in [0.5, 0.6) is 0 Å². The average molecular weight is 338 g/mol. The fourth-order valence-corrected chi connectivity index (χ4v) is 2.27. The minimum absolute atomic E-state index is 0.179. The topological polar surface area (TPSA) is 62.5 Å². The Hall–Kier alpha value is -1.59. The highest BCUT2D eigenvalue weighted by atomic mass is 79.9. The van der Waals surface area contributed by atoms with Crippen LogP contribution in [0.3, 0.4) is 0 Å². The second-order valence-electron chi connectivity index (χ2n) is 4.50. The predicted molar refractivity (Wildman–Crippen MR) is 79.7 cm³/mol. The molecule has 2 aromatic rings. The number of hydrogen-bond acceptors (Lipinski definition) is 3. The maximum absolute atomic E-state index is 10.8. The molecular formula is C15H16BrNO3. The van der Waals surface area contributed by atoms with Crippen molar-refractivity contribution in [2.45, 2.75) is 25.9 Å². The Morgan fingerprint density at radius 3 is 2.65 bits per heavy atom. The fraction of sp³-hybridized carbons (Fsp3) is 0.267. The molecule has 5 heteroatoms. The first-order valence-electron chi connectivity index (χ1n) is 6.39. The molecular weight excluding hydrogens is 322 g/mol. The summed E-state index contributed by atoms with van der Waals surface area (Å²) in [5.41, 5.74) is 1.37. The molecule has 1 heterocycles. The number of carboxylic acids is 1. The molecule has 20 heavy (non-hydrogen) atoms. The Bertz CT molecular complexity index is 577. The van der Waals surface area contributed by atoms with E-state index in [1.807, 2.05) is 12.1 Å². The standard InChI is InChI=1S/C15H16BrNO3/c1-2-14(10-3-5-12(16)6-4-10)17-8-13-7-11(9-20-13)15(18)19/h3-7,9,14,17H,2,8H2,1H3,(H,18,19). The van der Waals surface area contributed by atoms with Crippen molar-refractivity contribution in [1.29, 1.82) is 0 Å². The van der Waals surface area contributed by atoms with Gasteiger partial charge in [-0.1, -0.05) is 35.0 Å². The largest absolute Gasteiger partial charge is 0.478 e. The number of furan rings is 1. The summed E-state index contributed by atoms with van der Waals surface area (Å²) < 4.78 is 6.27. The second-order valence-corrected chi connectivity index (χ2v) is 5.42. The highest BCUT2D eigenvalue weighted by Gasteiger charge is 2.12. The van der Waals surface area contributed by atoms with Gasteiger partial charge in [-0.05, 0) is 30.2 Å². The number of carboxylic acid groups (broad SMARTS) is 1. The Kier molecular flexibility index (Phi) is 4.98. The summed E-state index contributed by atoms with van der Waals surface area (Å²) in [4.78, 5) is 10.8. The molecule has 1 unspecified atom stereocenters. The van der Waals surface area contributed by atoms with Gasteiger partial charge < -0.3 is 14.8 Å². The molecule has 0 aliphatic heterocycles. The zero-order valence-corrected chi connectivity index (χ0v) is 12.7. The number of carbonyl (C=O) groups is 1. The summed E-state index contributed by atoms with van der Waals surface area (Å²) in [7, 11) is 0. The molecule has 0 aliphatic carbocycles. The molecule has 2 N–H and O–H groups in total. The number of halogens is 1. The summed E-state index contributed by atoms with van der Waals surface area (Å²) in [5, 5.41) is 12.2. The van der Waals surface area contributed by atoms with E-state index in [0.717, 1.165) is 10.9 Å². The maximum Gasteiger partial charge on any atom is 0.338 e. The van der Waals surface area contributed by atoms with E-state index in [1.165, 1.54) is 11.8 Å². The van der Waals surface area contributed by atoms with Crippen molar-refractivity contribution in [2.24, 2.45) is 0 Å². The first-order chi connectivity index (χ1) is 9.60. The summed E-state index contributed by atoms with van der Waals surface area (Å²) >= 11 is 3.42. The van der Waals surface area contributed by atoms with E-state index in [2.05, 4.69) is 40.3 Å². The van der Waals surface area contributed by atoms with E-state index in [1.54, 1.807) is 6.07 Å². The molecule has 4 nitrogen and oxygen atoms in total. The molecule has 0 saturated carbocycles. The number of benzene rings is 1. The van der Waals surface area contributed by atoms with Gasteiger partial charge in [0.2, 0.25) is 0 Å². The SMILES string of the molecule is CCC(NCc1cc(C(=O)O)co1)c1ccc(Br)cc1. The lowest BCUT2D eigenvalue weighted by Crippen LogP contribution is -2.19. The Balaban J connectivity index is 1.99. The van der Waals surface area contributed by atoms with Gasteiger partial charge in [-0.15, -0.1) is 0 Å². The molecule has 1 aromatic carbocycles. The Morgan fingerprint density at radius 1 is 1.40 bits per heavy atom. The van der Waals surface area contributed by atoms with Crippen molar-refractivity contribution in [3.63, 3.8) is 0 Å². The van der Waals surface area contributed by atoms with Crippen LogP contribution in [0.25, 0.3) is 0 Å². The summed E-state index contributed by atoms with van der Waals surface area (Å²) in [6.45, 7) is 2.60. The van der Waals surface area contributed by atoms with E-state index >= 15 is 0 Å². The molecule has 106 valence electrons. The zero-order valence-electron chi connectivity index (χ0n) is 11.1. The second kappa shape index (κ2) is 6.72. The van der Waals surface area contributed by atoms with Crippen molar-refractivity contribution in [2.75, 3.05) is 0 Å². The molecule has 2 rings (SSSR count). The van der Waals surface area contributed by atoms with E-state index in [-0.39, 0.29) is 11.6 Å². The van der Waals surface area contributed by atoms with Gasteiger partial charge in [0.15, 0.2) is 0 Å². The van der Waals surface area contributed by atoms with Gasteiger partial charge in [0.05, 0.1) is 12.1 Å². The van der Waals surface area contributed by atoms with Crippen LogP contribution in [0.1, 0.15) is 41.1 Å². The third-order valence-electron chi connectivity index (χ3n) is 3.10. The fourth-order valence-electron chi connectivity index (χ4n) is 2.00. The lowest BCUT2D eigenvalue weighted by Gasteiger charge is -2.16. The van der Waals surface area contributed by atoms with Crippen molar-refractivity contribution in [1.82, 2.24) is 5.32 Å². The van der Waals surface area contributed by atoms with Gasteiger partial charge in [0.1, 0.15) is 12.0 Å². The Labute approximate surface area is 125 Å². The maximum atomic E-state index is 10.8. The highest BCUT2D eigenvalue weighted by Crippen LogP contribution is 2.20. The smallest absolute Gasteiger partial charge is 0.338 e. The molecule has 0 amide bonds. The molecule has 0 aliphatic rings. The van der Waals surface area contributed by atoms with Crippen molar-refractivity contribution in [3.8, 4) is 0 Å². The summed E-state index contributed by atoms with van der Waals surface area (Å²) in [6, 6.07) is 9.90. The first kappa shape index (κ1) is 14.8. The lowest BCUT2D eigenvalue weighted by molar-refractivity contribution is 0.0696. The number of hydrogen-bond donors (Lipinski definition) is 2. The minimum Gasteiger partial charge on any atom is -0.478 e. The lowest BCUT2D eigenvalue weighted by atomic mass is 10.0. The summed E-state index contributed by atoms with van der Waals surface area (Å²) in [6.07, 6.45) is 2.20. The Morgan fingerprint density at radius 2 is 2.10 bits per heavy atom. The molecule has 0 radical (unpaired) electrons. The van der Waals surface area contributed by atoms with Crippen LogP contribution in [0.15, 0.2) is 45.5 Å². The van der Waals surface area contributed by atoms with Crippen LogP contribution in [0.4, 0.5) is 0 Å². The van der Waals surface area contributed by atoms with Crippen molar-refractivity contribution in [3.05, 3.63) is 58.0 Å². The van der Waals surface area contributed by atoms with Crippen LogP contribution in [-0.4, -0.2) is 11.1 Å². The van der Waals surface area contributed by atoms with E-state index in [9.17, 15) is 4.79 Å². The molecule has 0 fully saturated rings. The third kappa shape index (κ3) is 3.71. The highest BCUT2D eigenvalue weighted by molar-refractivity contribution is 9.10. The van der Waals surface area contributed by atoms with Crippen molar-refractivity contribution < 1.29 is 14.3 Å².